The predicted molar refractivity (Wildman–Crippen MR) is 153 cm³/mol. The summed E-state index contributed by atoms with van der Waals surface area (Å²) in [5.74, 6) is 0.991. The van der Waals surface area contributed by atoms with Crippen LogP contribution >= 0.6 is 39.5 Å². The van der Waals surface area contributed by atoms with E-state index < -0.39 is 0 Å². The Balaban J connectivity index is 1.34. The Labute approximate surface area is 223 Å². The summed E-state index contributed by atoms with van der Waals surface area (Å²) in [4.78, 5) is 17.4. The number of rotatable bonds is 7. The number of anilines is 1. The lowest BCUT2D eigenvalue weighted by Crippen LogP contribution is -2.34. The number of ether oxygens (including phenoxy) is 1. The molecule has 5 nitrogen and oxygen atoms in total. The number of aryl methyl sites for hydroxylation is 1. The number of hydrogen-bond acceptors (Lipinski definition) is 5. The van der Waals surface area contributed by atoms with E-state index >= 15 is 0 Å². The highest BCUT2D eigenvalue weighted by molar-refractivity contribution is 9.10. The first kappa shape index (κ1) is 25.3. The minimum absolute atomic E-state index is 0.228. The summed E-state index contributed by atoms with van der Waals surface area (Å²) in [6.45, 7) is 7.02. The van der Waals surface area contributed by atoms with Gasteiger partial charge < -0.3 is 10.1 Å². The van der Waals surface area contributed by atoms with Gasteiger partial charge in [-0.05, 0) is 108 Å². The molecule has 35 heavy (non-hydrogen) atoms. The fraction of sp³-hybridized carbons (Fsp3) is 0.222. The third-order valence-electron chi connectivity index (χ3n) is 5.31. The molecule has 1 amide bonds. The molecule has 0 aliphatic heterocycles. The van der Waals surface area contributed by atoms with Crippen LogP contribution < -0.4 is 15.4 Å². The topological polar surface area (TPSA) is 63.2 Å². The molecule has 0 unspecified atom stereocenters. The normalized spacial score (nSPS) is 11.0. The Bertz CT molecular complexity index is 1370. The van der Waals surface area contributed by atoms with Gasteiger partial charge in [0.05, 0.1) is 21.3 Å². The van der Waals surface area contributed by atoms with Gasteiger partial charge >= 0.3 is 0 Å². The standard InChI is InChI=1S/C27H26BrN3O2S2/c1-16(2)12-13-33-23-11-7-19(15-21(23)28)25(32)31-27(34)29-20-8-5-18(6-9-20)26-30-22-10-4-17(3)14-24(22)35-26/h4-11,14-16H,12-13H2,1-3H3,(H2,29,31,32,34). The number of nitrogens with one attached hydrogen (secondary N) is 2. The maximum atomic E-state index is 12.7. The van der Waals surface area contributed by atoms with Gasteiger partial charge in [-0.1, -0.05) is 19.9 Å². The van der Waals surface area contributed by atoms with E-state index in [1.165, 1.54) is 10.3 Å². The third kappa shape index (κ3) is 6.66. The molecular formula is C27H26BrN3O2S2. The van der Waals surface area contributed by atoms with Gasteiger partial charge in [-0.25, -0.2) is 4.98 Å². The van der Waals surface area contributed by atoms with Crippen LogP contribution in [0.25, 0.3) is 20.8 Å². The van der Waals surface area contributed by atoms with E-state index in [1.807, 2.05) is 30.3 Å². The van der Waals surface area contributed by atoms with E-state index in [1.54, 1.807) is 29.5 Å². The first-order valence-corrected chi connectivity index (χ1v) is 13.3. The predicted octanol–water partition coefficient (Wildman–Crippen LogP) is 7.59. The summed E-state index contributed by atoms with van der Waals surface area (Å²) in [5.41, 5.74) is 4.53. The number of fused-ring (bicyclic) bond motifs is 1. The van der Waals surface area contributed by atoms with Crippen LogP contribution in [0.3, 0.4) is 0 Å². The second kappa shape index (κ2) is 11.3. The molecule has 1 aromatic heterocycles. The molecule has 8 heteroatoms. The quantitative estimate of drug-likeness (QED) is 0.225. The molecule has 2 N–H and O–H groups in total. The van der Waals surface area contributed by atoms with Gasteiger partial charge in [0.2, 0.25) is 0 Å². The minimum atomic E-state index is -0.293. The highest BCUT2D eigenvalue weighted by Gasteiger charge is 2.12. The molecule has 0 atom stereocenters. The van der Waals surface area contributed by atoms with Crippen molar-refractivity contribution in [3.8, 4) is 16.3 Å². The van der Waals surface area contributed by atoms with Crippen LogP contribution in [0.1, 0.15) is 36.2 Å². The smallest absolute Gasteiger partial charge is 0.257 e. The maximum absolute atomic E-state index is 12.7. The number of aromatic nitrogens is 1. The van der Waals surface area contributed by atoms with Gasteiger partial charge in [0.25, 0.3) is 5.91 Å². The number of hydrogen-bond donors (Lipinski definition) is 2. The number of nitrogens with zero attached hydrogens (tertiary/aromatic N) is 1. The number of thiazole rings is 1. The fourth-order valence-electron chi connectivity index (χ4n) is 3.35. The summed E-state index contributed by atoms with van der Waals surface area (Å²) < 4.78 is 7.69. The molecule has 180 valence electrons. The summed E-state index contributed by atoms with van der Waals surface area (Å²) in [6, 6.07) is 19.3. The van der Waals surface area contributed by atoms with Gasteiger partial charge in [-0.3, -0.25) is 10.1 Å². The summed E-state index contributed by atoms with van der Waals surface area (Å²) in [7, 11) is 0. The molecule has 0 aliphatic rings. The Morgan fingerprint density at radius 2 is 1.89 bits per heavy atom. The molecule has 1 heterocycles. The van der Waals surface area contributed by atoms with Crippen LogP contribution in [0.2, 0.25) is 0 Å². The highest BCUT2D eigenvalue weighted by Crippen LogP contribution is 2.31. The lowest BCUT2D eigenvalue weighted by atomic mass is 10.1. The van der Waals surface area contributed by atoms with Gasteiger partial charge in [0.15, 0.2) is 5.11 Å². The molecule has 0 aliphatic carbocycles. The summed E-state index contributed by atoms with van der Waals surface area (Å²) in [6.07, 6.45) is 0.968. The first-order valence-electron chi connectivity index (χ1n) is 11.3. The van der Waals surface area contributed by atoms with Crippen molar-refractivity contribution in [2.75, 3.05) is 11.9 Å². The van der Waals surface area contributed by atoms with Crippen LogP contribution in [0, 0.1) is 12.8 Å². The van der Waals surface area contributed by atoms with Gasteiger partial charge in [0, 0.05) is 16.8 Å². The van der Waals surface area contributed by atoms with E-state index in [2.05, 4.69) is 59.5 Å². The molecular weight excluding hydrogens is 542 g/mol. The van der Waals surface area contributed by atoms with Crippen LogP contribution in [-0.2, 0) is 0 Å². The second-order valence-electron chi connectivity index (χ2n) is 8.65. The van der Waals surface area contributed by atoms with Crippen LogP contribution in [-0.4, -0.2) is 22.6 Å². The Kier molecular flexibility index (Phi) is 8.15. The molecule has 0 saturated heterocycles. The Morgan fingerprint density at radius 3 is 2.60 bits per heavy atom. The van der Waals surface area contributed by atoms with Crippen molar-refractivity contribution in [1.29, 1.82) is 0 Å². The Hall–Kier alpha value is -2.81. The van der Waals surface area contributed by atoms with Gasteiger partial charge in [-0.15, -0.1) is 11.3 Å². The number of amides is 1. The van der Waals surface area contributed by atoms with Crippen molar-refractivity contribution in [1.82, 2.24) is 10.3 Å². The van der Waals surface area contributed by atoms with Crippen molar-refractivity contribution in [3.63, 3.8) is 0 Å². The zero-order valence-corrected chi connectivity index (χ0v) is 22.9. The van der Waals surface area contributed by atoms with Crippen molar-refractivity contribution in [3.05, 3.63) is 76.3 Å². The monoisotopic (exact) mass is 567 g/mol. The van der Waals surface area contributed by atoms with Gasteiger partial charge in [0.1, 0.15) is 10.8 Å². The number of carbonyl (C=O) groups is 1. The summed E-state index contributed by atoms with van der Waals surface area (Å²) >= 11 is 10.5. The maximum Gasteiger partial charge on any atom is 0.257 e. The van der Waals surface area contributed by atoms with Crippen molar-refractivity contribution >= 4 is 66.4 Å². The molecule has 0 fully saturated rings. The van der Waals surface area contributed by atoms with Gasteiger partial charge in [-0.2, -0.15) is 0 Å². The van der Waals surface area contributed by atoms with Crippen LogP contribution in [0.15, 0.2) is 65.1 Å². The first-order chi connectivity index (χ1) is 16.8. The van der Waals surface area contributed by atoms with Crippen LogP contribution in [0.5, 0.6) is 5.75 Å². The lowest BCUT2D eigenvalue weighted by Gasteiger charge is -2.12. The second-order valence-corrected chi connectivity index (χ2v) is 10.9. The SMILES string of the molecule is Cc1ccc2nc(-c3ccc(NC(=S)NC(=O)c4ccc(OCCC(C)C)c(Br)c4)cc3)sc2c1. The van der Waals surface area contributed by atoms with E-state index in [4.69, 9.17) is 21.9 Å². The number of carbonyl (C=O) groups excluding carboxylic acids is 1. The summed E-state index contributed by atoms with van der Waals surface area (Å²) in [5, 5.41) is 6.99. The molecule has 3 aromatic carbocycles. The molecule has 0 bridgehead atoms. The number of thiocarbonyl (C=S) groups is 1. The Morgan fingerprint density at radius 1 is 1.11 bits per heavy atom. The average Bonchev–Trinajstić information content (AvgIpc) is 3.23. The zero-order chi connectivity index (χ0) is 24.9. The minimum Gasteiger partial charge on any atom is -0.492 e. The van der Waals surface area contributed by atoms with Crippen LogP contribution in [0.4, 0.5) is 5.69 Å². The van der Waals surface area contributed by atoms with Crippen molar-refractivity contribution in [2.45, 2.75) is 27.2 Å². The largest absolute Gasteiger partial charge is 0.492 e. The molecule has 4 aromatic rings. The van der Waals surface area contributed by atoms with Crippen molar-refractivity contribution in [2.24, 2.45) is 5.92 Å². The molecule has 0 saturated carbocycles. The van der Waals surface area contributed by atoms with E-state index in [9.17, 15) is 4.79 Å². The molecule has 0 radical (unpaired) electrons. The van der Waals surface area contributed by atoms with E-state index in [0.717, 1.165) is 32.7 Å². The van der Waals surface area contributed by atoms with E-state index in [-0.39, 0.29) is 11.0 Å². The van der Waals surface area contributed by atoms with E-state index in [0.29, 0.717) is 23.8 Å². The lowest BCUT2D eigenvalue weighted by molar-refractivity contribution is 0.0977. The number of halogens is 1. The van der Waals surface area contributed by atoms with Crippen molar-refractivity contribution < 1.29 is 9.53 Å². The zero-order valence-electron chi connectivity index (χ0n) is 19.7. The molecule has 0 spiro atoms. The average molecular weight is 569 g/mol. The third-order valence-corrected chi connectivity index (χ3v) is 7.20. The molecule has 4 rings (SSSR count). The fourth-order valence-corrected chi connectivity index (χ4v) is 5.13. The number of benzene rings is 3. The highest BCUT2D eigenvalue weighted by atomic mass is 79.9.